The molecule has 1 atom stereocenters. The van der Waals surface area contributed by atoms with Gasteiger partial charge in [-0.3, -0.25) is 9.59 Å². The van der Waals surface area contributed by atoms with E-state index in [1.807, 2.05) is 4.90 Å². The van der Waals surface area contributed by atoms with Gasteiger partial charge in [-0.25, -0.2) is 0 Å². The lowest BCUT2D eigenvalue weighted by Gasteiger charge is -2.35. The number of likely N-dealkylation sites (tertiary alicyclic amines) is 1. The zero-order chi connectivity index (χ0) is 14.5. The molecule has 1 aliphatic rings. The topological polar surface area (TPSA) is 75.4 Å². The summed E-state index contributed by atoms with van der Waals surface area (Å²) in [5.74, 6) is -0.0992. The smallest absolute Gasteiger partial charge is 0.254 e. The van der Waals surface area contributed by atoms with E-state index in [0.717, 1.165) is 25.8 Å². The molecule has 5 nitrogen and oxygen atoms in total. The van der Waals surface area contributed by atoms with Gasteiger partial charge in [0.1, 0.15) is 0 Å². The molecule has 6 heteroatoms. The van der Waals surface area contributed by atoms with Crippen LogP contribution < -0.4 is 11.1 Å². The Morgan fingerprint density at radius 1 is 1.29 bits per heavy atom. The second-order valence-corrected chi connectivity index (χ2v) is 5.14. The third kappa shape index (κ3) is 4.44. The Hall–Kier alpha value is -1.59. The summed E-state index contributed by atoms with van der Waals surface area (Å²) in [6, 6.07) is 7.13. The molecule has 0 bridgehead atoms. The maximum absolute atomic E-state index is 12.5. The highest BCUT2D eigenvalue weighted by Crippen LogP contribution is 2.20. The number of anilines is 1. The van der Waals surface area contributed by atoms with Gasteiger partial charge in [0, 0.05) is 37.3 Å². The average molecular weight is 312 g/mol. The largest absolute Gasteiger partial charge is 0.334 e. The van der Waals surface area contributed by atoms with E-state index >= 15 is 0 Å². The van der Waals surface area contributed by atoms with E-state index in [0.29, 0.717) is 17.8 Å². The first-order valence-electron chi connectivity index (χ1n) is 7.00. The molecule has 0 radical (unpaired) electrons. The van der Waals surface area contributed by atoms with Gasteiger partial charge in [-0.05, 0) is 43.5 Å². The van der Waals surface area contributed by atoms with E-state index in [2.05, 4.69) is 5.32 Å². The highest BCUT2D eigenvalue weighted by molar-refractivity contribution is 5.95. The molecule has 1 aliphatic heterocycles. The zero-order valence-electron chi connectivity index (χ0n) is 12.2. The average Bonchev–Trinajstić information content (AvgIpc) is 2.46. The second kappa shape index (κ2) is 8.00. The van der Waals surface area contributed by atoms with Crippen LogP contribution in [0.15, 0.2) is 24.3 Å². The molecular formula is C15H22ClN3O2. The number of halogens is 1. The summed E-state index contributed by atoms with van der Waals surface area (Å²) < 4.78 is 0. The SMILES string of the molecule is CC(=O)Nc1ccc(C(=O)N2CCCCC2CN)cc1.Cl. The fourth-order valence-corrected chi connectivity index (χ4v) is 2.58. The number of hydrogen-bond acceptors (Lipinski definition) is 3. The number of carbonyl (C=O) groups is 2. The van der Waals surface area contributed by atoms with E-state index in [9.17, 15) is 9.59 Å². The van der Waals surface area contributed by atoms with Crippen LogP contribution in [0.3, 0.4) is 0 Å². The fourth-order valence-electron chi connectivity index (χ4n) is 2.58. The first-order valence-corrected chi connectivity index (χ1v) is 7.00. The third-order valence-electron chi connectivity index (χ3n) is 3.61. The van der Waals surface area contributed by atoms with Gasteiger partial charge in [0.25, 0.3) is 5.91 Å². The summed E-state index contributed by atoms with van der Waals surface area (Å²) in [6.07, 6.45) is 3.14. The minimum atomic E-state index is -0.122. The molecule has 1 heterocycles. The third-order valence-corrected chi connectivity index (χ3v) is 3.61. The van der Waals surface area contributed by atoms with Gasteiger partial charge >= 0.3 is 0 Å². The lowest BCUT2D eigenvalue weighted by molar-refractivity contribution is -0.114. The minimum Gasteiger partial charge on any atom is -0.334 e. The molecule has 1 fully saturated rings. The zero-order valence-corrected chi connectivity index (χ0v) is 13.0. The minimum absolute atomic E-state index is 0. The standard InChI is InChI=1S/C15H21N3O2.ClH/c1-11(19)17-13-7-5-12(6-8-13)15(20)18-9-3-2-4-14(18)10-16;/h5-8,14H,2-4,9-10,16H2,1H3,(H,17,19);1H. The van der Waals surface area contributed by atoms with Crippen molar-refractivity contribution in [2.45, 2.75) is 32.2 Å². The van der Waals surface area contributed by atoms with E-state index < -0.39 is 0 Å². The van der Waals surface area contributed by atoms with Crippen LogP contribution in [0.4, 0.5) is 5.69 Å². The van der Waals surface area contributed by atoms with Crippen molar-refractivity contribution in [3.63, 3.8) is 0 Å². The Bertz CT molecular complexity index is 490. The molecule has 1 aromatic rings. The van der Waals surface area contributed by atoms with Gasteiger partial charge in [-0.2, -0.15) is 0 Å². The first kappa shape index (κ1) is 17.5. The van der Waals surface area contributed by atoms with Gasteiger partial charge in [0.15, 0.2) is 0 Å². The molecule has 1 saturated heterocycles. The number of nitrogens with zero attached hydrogens (tertiary/aromatic N) is 1. The van der Waals surface area contributed by atoms with Crippen LogP contribution in [-0.4, -0.2) is 35.8 Å². The number of rotatable bonds is 3. The maximum atomic E-state index is 12.5. The summed E-state index contributed by atoms with van der Waals surface area (Å²) in [5, 5.41) is 2.69. The van der Waals surface area contributed by atoms with Crippen molar-refractivity contribution in [2.24, 2.45) is 5.73 Å². The number of hydrogen-bond donors (Lipinski definition) is 2. The normalized spacial score (nSPS) is 17.8. The van der Waals surface area contributed by atoms with Gasteiger partial charge < -0.3 is 16.0 Å². The van der Waals surface area contributed by atoms with Crippen molar-refractivity contribution in [3.8, 4) is 0 Å². The van der Waals surface area contributed by atoms with E-state index in [1.165, 1.54) is 6.92 Å². The number of nitrogens with two attached hydrogens (primary N) is 1. The summed E-state index contributed by atoms with van der Waals surface area (Å²) >= 11 is 0. The fraction of sp³-hybridized carbons (Fsp3) is 0.467. The molecule has 0 aromatic heterocycles. The number of carbonyl (C=O) groups excluding carboxylic acids is 2. The molecule has 21 heavy (non-hydrogen) atoms. The molecule has 116 valence electrons. The van der Waals surface area contributed by atoms with E-state index in [1.54, 1.807) is 24.3 Å². The molecule has 2 amide bonds. The van der Waals surface area contributed by atoms with E-state index in [-0.39, 0.29) is 30.3 Å². The lowest BCUT2D eigenvalue weighted by Crippen LogP contribution is -2.47. The van der Waals surface area contributed by atoms with Crippen molar-refractivity contribution in [3.05, 3.63) is 29.8 Å². The van der Waals surface area contributed by atoms with Crippen LogP contribution in [0, 0.1) is 0 Å². The molecule has 2 rings (SSSR count). The summed E-state index contributed by atoms with van der Waals surface area (Å²) in [5.41, 5.74) is 7.08. The summed E-state index contributed by atoms with van der Waals surface area (Å²) in [6.45, 7) is 2.74. The Labute approximate surface area is 131 Å². The van der Waals surface area contributed by atoms with Crippen molar-refractivity contribution in [1.29, 1.82) is 0 Å². The number of nitrogens with one attached hydrogen (secondary N) is 1. The molecule has 1 aromatic carbocycles. The highest BCUT2D eigenvalue weighted by atomic mass is 35.5. The van der Waals surface area contributed by atoms with Gasteiger partial charge in [-0.15, -0.1) is 12.4 Å². The lowest BCUT2D eigenvalue weighted by atomic mass is 10.0. The van der Waals surface area contributed by atoms with Crippen molar-refractivity contribution < 1.29 is 9.59 Å². The molecule has 0 aliphatic carbocycles. The Kier molecular flexibility index (Phi) is 6.65. The number of piperidine rings is 1. The second-order valence-electron chi connectivity index (χ2n) is 5.14. The monoisotopic (exact) mass is 311 g/mol. The Morgan fingerprint density at radius 3 is 2.52 bits per heavy atom. The Balaban J connectivity index is 0.00000220. The van der Waals surface area contributed by atoms with Gasteiger partial charge in [-0.1, -0.05) is 0 Å². The van der Waals surface area contributed by atoms with E-state index in [4.69, 9.17) is 5.73 Å². The van der Waals surface area contributed by atoms with Crippen molar-refractivity contribution in [2.75, 3.05) is 18.4 Å². The summed E-state index contributed by atoms with van der Waals surface area (Å²) in [7, 11) is 0. The van der Waals surface area contributed by atoms with Gasteiger partial charge in [0.2, 0.25) is 5.91 Å². The first-order chi connectivity index (χ1) is 9.61. The van der Waals surface area contributed by atoms with Crippen molar-refractivity contribution in [1.82, 2.24) is 4.90 Å². The maximum Gasteiger partial charge on any atom is 0.254 e. The number of benzene rings is 1. The van der Waals surface area contributed by atoms with Crippen LogP contribution in [0.2, 0.25) is 0 Å². The van der Waals surface area contributed by atoms with Crippen LogP contribution in [0.1, 0.15) is 36.5 Å². The van der Waals surface area contributed by atoms with Gasteiger partial charge in [0.05, 0.1) is 0 Å². The van der Waals surface area contributed by atoms with Crippen molar-refractivity contribution >= 4 is 29.9 Å². The molecule has 3 N–H and O–H groups in total. The number of amides is 2. The van der Waals surface area contributed by atoms with Crippen LogP contribution in [-0.2, 0) is 4.79 Å². The predicted octanol–water partition coefficient (Wildman–Crippen LogP) is 2.02. The van der Waals surface area contributed by atoms with Crippen LogP contribution in [0.5, 0.6) is 0 Å². The predicted molar refractivity (Wildman–Crippen MR) is 85.7 cm³/mol. The molecule has 1 unspecified atom stereocenters. The Morgan fingerprint density at radius 2 is 1.95 bits per heavy atom. The van der Waals surface area contributed by atoms with Crippen LogP contribution in [0.25, 0.3) is 0 Å². The highest BCUT2D eigenvalue weighted by Gasteiger charge is 2.26. The van der Waals surface area contributed by atoms with Crippen LogP contribution >= 0.6 is 12.4 Å². The molecule has 0 spiro atoms. The molecular weight excluding hydrogens is 290 g/mol. The summed E-state index contributed by atoms with van der Waals surface area (Å²) in [4.78, 5) is 25.3. The quantitative estimate of drug-likeness (QED) is 0.896. The molecule has 0 saturated carbocycles.